The molecule has 3 rings (SSSR count). The molecule has 1 aromatic carbocycles. The van der Waals surface area contributed by atoms with E-state index in [1.807, 2.05) is 4.90 Å². The fourth-order valence-electron chi connectivity index (χ4n) is 2.61. The predicted molar refractivity (Wildman–Crippen MR) is 70.3 cm³/mol. The van der Waals surface area contributed by atoms with Crippen molar-refractivity contribution in [2.24, 2.45) is 0 Å². The summed E-state index contributed by atoms with van der Waals surface area (Å²) in [5, 5.41) is 0.699. The molecule has 3 nitrogen and oxygen atoms in total. The van der Waals surface area contributed by atoms with E-state index in [4.69, 9.17) is 4.42 Å². The molecule has 0 aliphatic carbocycles. The first-order valence-electron chi connectivity index (χ1n) is 6.67. The molecule has 4 heteroatoms. The second kappa shape index (κ2) is 5.03. The zero-order valence-electron chi connectivity index (χ0n) is 10.7. The third-order valence-corrected chi connectivity index (χ3v) is 3.67. The normalized spacial score (nSPS) is 15.9. The summed E-state index contributed by atoms with van der Waals surface area (Å²) in [6.07, 6.45) is 5.20. The maximum Gasteiger partial charge on any atom is 0.227 e. The molecule has 0 saturated carbocycles. The number of hydrogen-bond donors (Lipinski definition) is 0. The van der Waals surface area contributed by atoms with Crippen LogP contribution in [0.1, 0.15) is 24.8 Å². The monoisotopic (exact) mass is 261 g/mol. The van der Waals surface area contributed by atoms with Gasteiger partial charge in [0.05, 0.1) is 12.7 Å². The molecule has 0 atom stereocenters. The minimum atomic E-state index is -0.305. The van der Waals surface area contributed by atoms with Gasteiger partial charge in [-0.25, -0.2) is 4.39 Å². The molecule has 0 bridgehead atoms. The molecule has 1 fully saturated rings. The number of halogens is 1. The van der Waals surface area contributed by atoms with Gasteiger partial charge in [0.1, 0.15) is 11.4 Å². The van der Waals surface area contributed by atoms with Crippen LogP contribution in [0.4, 0.5) is 4.39 Å². The molecular weight excluding hydrogens is 245 g/mol. The lowest BCUT2D eigenvalue weighted by molar-refractivity contribution is -0.131. The number of carbonyl (C=O) groups is 1. The molecule has 0 radical (unpaired) electrons. The first-order valence-corrected chi connectivity index (χ1v) is 6.67. The molecule has 1 amide bonds. The SMILES string of the molecule is O=C(Cc1coc2ccc(F)cc12)N1CCCCC1. The smallest absolute Gasteiger partial charge is 0.227 e. The molecule has 0 N–H and O–H groups in total. The number of benzene rings is 1. The number of furan rings is 1. The van der Waals surface area contributed by atoms with Gasteiger partial charge in [-0.2, -0.15) is 0 Å². The number of rotatable bonds is 2. The lowest BCUT2D eigenvalue weighted by Gasteiger charge is -2.26. The maximum absolute atomic E-state index is 13.2. The van der Waals surface area contributed by atoms with Gasteiger partial charge < -0.3 is 9.32 Å². The minimum absolute atomic E-state index is 0.103. The van der Waals surface area contributed by atoms with Crippen molar-refractivity contribution in [1.82, 2.24) is 4.90 Å². The zero-order valence-corrected chi connectivity index (χ0v) is 10.7. The number of hydrogen-bond acceptors (Lipinski definition) is 2. The van der Waals surface area contributed by atoms with Crippen molar-refractivity contribution in [1.29, 1.82) is 0 Å². The van der Waals surface area contributed by atoms with Crippen LogP contribution in [0.25, 0.3) is 11.0 Å². The van der Waals surface area contributed by atoms with Crippen molar-refractivity contribution in [3.05, 3.63) is 35.8 Å². The molecular formula is C15H16FNO2. The van der Waals surface area contributed by atoms with Crippen LogP contribution in [0.15, 0.2) is 28.9 Å². The van der Waals surface area contributed by atoms with Gasteiger partial charge in [-0.3, -0.25) is 4.79 Å². The number of piperidine rings is 1. The Balaban J connectivity index is 1.80. The van der Waals surface area contributed by atoms with Gasteiger partial charge in [-0.15, -0.1) is 0 Å². The number of amides is 1. The lowest BCUT2D eigenvalue weighted by Crippen LogP contribution is -2.36. The topological polar surface area (TPSA) is 33.5 Å². The Hall–Kier alpha value is -1.84. The van der Waals surface area contributed by atoms with Crippen LogP contribution in [0.2, 0.25) is 0 Å². The first kappa shape index (κ1) is 12.2. The van der Waals surface area contributed by atoms with E-state index in [1.165, 1.54) is 18.6 Å². The maximum atomic E-state index is 13.2. The first-order chi connectivity index (χ1) is 9.24. The highest BCUT2D eigenvalue weighted by Gasteiger charge is 2.18. The quantitative estimate of drug-likeness (QED) is 0.832. The highest BCUT2D eigenvalue weighted by atomic mass is 19.1. The summed E-state index contributed by atoms with van der Waals surface area (Å²) >= 11 is 0. The highest BCUT2D eigenvalue weighted by Crippen LogP contribution is 2.23. The van der Waals surface area contributed by atoms with Crippen LogP contribution in [-0.2, 0) is 11.2 Å². The summed E-state index contributed by atoms with van der Waals surface area (Å²) in [4.78, 5) is 14.1. The van der Waals surface area contributed by atoms with Crippen molar-refractivity contribution in [3.63, 3.8) is 0 Å². The summed E-state index contributed by atoms with van der Waals surface area (Å²) < 4.78 is 18.6. The molecule has 2 heterocycles. The number of carbonyl (C=O) groups excluding carboxylic acids is 1. The van der Waals surface area contributed by atoms with Gasteiger partial charge in [0.2, 0.25) is 5.91 Å². The Kier molecular flexibility index (Phi) is 3.23. The van der Waals surface area contributed by atoms with Gasteiger partial charge in [0, 0.05) is 24.0 Å². The van der Waals surface area contributed by atoms with Crippen LogP contribution in [0.5, 0.6) is 0 Å². The predicted octanol–water partition coefficient (Wildman–Crippen LogP) is 3.13. The van der Waals surface area contributed by atoms with Crippen molar-refractivity contribution < 1.29 is 13.6 Å². The fraction of sp³-hybridized carbons (Fsp3) is 0.400. The van der Waals surface area contributed by atoms with Crippen molar-refractivity contribution >= 4 is 16.9 Å². The second-order valence-corrected chi connectivity index (χ2v) is 5.02. The summed E-state index contributed by atoms with van der Waals surface area (Å²) in [5.41, 5.74) is 1.40. The van der Waals surface area contributed by atoms with Gasteiger partial charge in [-0.05, 0) is 37.5 Å². The number of fused-ring (bicyclic) bond motifs is 1. The Bertz CT molecular complexity index is 599. The average molecular weight is 261 g/mol. The van der Waals surface area contributed by atoms with E-state index < -0.39 is 0 Å². The number of likely N-dealkylation sites (tertiary alicyclic amines) is 1. The zero-order chi connectivity index (χ0) is 13.2. The van der Waals surface area contributed by atoms with Crippen LogP contribution in [0, 0.1) is 5.82 Å². The van der Waals surface area contributed by atoms with E-state index in [0.717, 1.165) is 31.5 Å². The van der Waals surface area contributed by atoms with Gasteiger partial charge in [-0.1, -0.05) is 0 Å². The Morgan fingerprint density at radius 3 is 2.84 bits per heavy atom. The summed E-state index contributed by atoms with van der Waals surface area (Å²) in [5.74, 6) is -0.202. The highest BCUT2D eigenvalue weighted by molar-refractivity contribution is 5.87. The largest absolute Gasteiger partial charge is 0.464 e. The minimum Gasteiger partial charge on any atom is -0.464 e. The van der Waals surface area contributed by atoms with Crippen LogP contribution >= 0.6 is 0 Å². The summed E-state index contributed by atoms with van der Waals surface area (Å²) in [6, 6.07) is 4.39. The van der Waals surface area contributed by atoms with E-state index in [0.29, 0.717) is 11.0 Å². The lowest BCUT2D eigenvalue weighted by atomic mass is 10.1. The van der Waals surface area contributed by atoms with Crippen LogP contribution in [-0.4, -0.2) is 23.9 Å². The van der Waals surface area contributed by atoms with E-state index >= 15 is 0 Å². The van der Waals surface area contributed by atoms with Gasteiger partial charge >= 0.3 is 0 Å². The number of nitrogens with zero attached hydrogens (tertiary/aromatic N) is 1. The van der Waals surface area contributed by atoms with Crippen LogP contribution in [0.3, 0.4) is 0 Å². The molecule has 1 aromatic heterocycles. The van der Waals surface area contributed by atoms with Crippen LogP contribution < -0.4 is 0 Å². The fourth-order valence-corrected chi connectivity index (χ4v) is 2.61. The molecule has 0 spiro atoms. The Labute approximate surface area is 111 Å². The molecule has 2 aromatic rings. The van der Waals surface area contributed by atoms with E-state index in [2.05, 4.69) is 0 Å². The van der Waals surface area contributed by atoms with Gasteiger partial charge in [0.25, 0.3) is 0 Å². The Morgan fingerprint density at radius 2 is 2.05 bits per heavy atom. The molecule has 100 valence electrons. The third-order valence-electron chi connectivity index (χ3n) is 3.67. The van der Waals surface area contributed by atoms with Crippen molar-refractivity contribution in [2.75, 3.05) is 13.1 Å². The summed E-state index contributed by atoms with van der Waals surface area (Å²) in [7, 11) is 0. The van der Waals surface area contributed by atoms with Crippen molar-refractivity contribution in [2.45, 2.75) is 25.7 Å². The molecule has 19 heavy (non-hydrogen) atoms. The Morgan fingerprint density at radius 1 is 1.26 bits per heavy atom. The third kappa shape index (κ3) is 2.48. The van der Waals surface area contributed by atoms with E-state index in [9.17, 15) is 9.18 Å². The molecule has 1 saturated heterocycles. The van der Waals surface area contributed by atoms with Crippen molar-refractivity contribution in [3.8, 4) is 0 Å². The molecule has 1 aliphatic heterocycles. The molecule has 0 unspecified atom stereocenters. The molecule has 1 aliphatic rings. The van der Waals surface area contributed by atoms with E-state index in [1.54, 1.807) is 12.3 Å². The standard InChI is InChI=1S/C15H16FNO2/c16-12-4-5-14-13(9-12)11(10-19-14)8-15(18)17-6-2-1-3-7-17/h4-5,9-10H,1-3,6-8H2. The summed E-state index contributed by atoms with van der Waals surface area (Å²) in [6.45, 7) is 1.67. The average Bonchev–Trinajstić information content (AvgIpc) is 2.82. The van der Waals surface area contributed by atoms with Gasteiger partial charge in [0.15, 0.2) is 0 Å². The van der Waals surface area contributed by atoms with E-state index in [-0.39, 0.29) is 18.1 Å². The second-order valence-electron chi connectivity index (χ2n) is 5.02.